The summed E-state index contributed by atoms with van der Waals surface area (Å²) in [7, 11) is 1.65. The van der Waals surface area contributed by atoms with Gasteiger partial charge in [-0.25, -0.2) is 0 Å². The Bertz CT molecular complexity index is 819. The zero-order chi connectivity index (χ0) is 20.8. The fourth-order valence-electron chi connectivity index (χ4n) is 3.87. The predicted octanol–water partition coefficient (Wildman–Crippen LogP) is 3.74. The fourth-order valence-corrected chi connectivity index (χ4v) is 4.77. The van der Waals surface area contributed by atoms with Crippen molar-refractivity contribution >= 4 is 23.2 Å². The number of carbonyl (C=O) groups excluding carboxylic acids is 2. The van der Waals surface area contributed by atoms with Crippen molar-refractivity contribution in [3.63, 3.8) is 0 Å². The van der Waals surface area contributed by atoms with Gasteiger partial charge in [-0.3, -0.25) is 9.59 Å². The van der Waals surface area contributed by atoms with Gasteiger partial charge in [-0.15, -0.1) is 11.3 Å². The first-order chi connectivity index (χ1) is 14.0. The molecule has 2 amide bonds. The number of benzene rings is 1. The first kappa shape index (κ1) is 21.5. The first-order valence-electron chi connectivity index (χ1n) is 10.2. The maximum absolute atomic E-state index is 13.4. The highest BCUT2D eigenvalue weighted by molar-refractivity contribution is 7.10. The van der Waals surface area contributed by atoms with Crippen LogP contribution in [0.4, 0.5) is 0 Å². The van der Waals surface area contributed by atoms with E-state index in [2.05, 4.69) is 23.6 Å². The van der Waals surface area contributed by atoms with E-state index in [1.165, 1.54) is 10.4 Å². The van der Waals surface area contributed by atoms with Crippen LogP contribution < -0.4 is 0 Å². The maximum atomic E-state index is 13.4. The van der Waals surface area contributed by atoms with Crippen molar-refractivity contribution in [3.8, 4) is 0 Å². The Balaban J connectivity index is 1.82. The number of amides is 2. The number of nitrogens with zero attached hydrogens (tertiary/aromatic N) is 2. The van der Waals surface area contributed by atoms with E-state index >= 15 is 0 Å². The van der Waals surface area contributed by atoms with E-state index in [1.54, 1.807) is 23.3 Å². The smallest absolute Gasteiger partial charge is 0.242 e. The number of fused-ring (bicyclic) bond motifs is 1. The molecule has 2 heterocycles. The number of rotatable bonds is 8. The van der Waals surface area contributed by atoms with Gasteiger partial charge in [0.25, 0.3) is 0 Å². The summed E-state index contributed by atoms with van der Waals surface area (Å²) >= 11 is 1.76. The summed E-state index contributed by atoms with van der Waals surface area (Å²) in [4.78, 5) is 31.1. The molecular formula is C23H30N2O3S. The molecule has 0 spiro atoms. The van der Waals surface area contributed by atoms with Crippen LogP contribution in [0.15, 0.2) is 41.8 Å². The molecule has 0 bridgehead atoms. The molecule has 0 fully saturated rings. The largest absolute Gasteiger partial charge is 0.385 e. The third-order valence-corrected chi connectivity index (χ3v) is 6.31. The van der Waals surface area contributed by atoms with Crippen LogP contribution in [-0.2, 0) is 20.7 Å². The molecule has 0 unspecified atom stereocenters. The third kappa shape index (κ3) is 5.06. The molecule has 1 atom stereocenters. The average molecular weight is 415 g/mol. The van der Waals surface area contributed by atoms with Crippen LogP contribution in [0, 0.1) is 5.92 Å². The van der Waals surface area contributed by atoms with Crippen LogP contribution in [0.25, 0.3) is 0 Å². The number of methoxy groups -OCH3 is 1. The first-order valence-corrected chi connectivity index (χ1v) is 11.1. The van der Waals surface area contributed by atoms with Gasteiger partial charge in [0.2, 0.25) is 11.8 Å². The molecule has 0 aliphatic carbocycles. The maximum Gasteiger partial charge on any atom is 0.242 e. The Morgan fingerprint density at radius 3 is 2.69 bits per heavy atom. The van der Waals surface area contributed by atoms with Gasteiger partial charge < -0.3 is 14.5 Å². The monoisotopic (exact) mass is 414 g/mol. The summed E-state index contributed by atoms with van der Waals surface area (Å²) in [6.45, 7) is 5.65. The summed E-state index contributed by atoms with van der Waals surface area (Å²) in [5, 5.41) is 2.11. The van der Waals surface area contributed by atoms with E-state index in [-0.39, 0.29) is 30.3 Å². The van der Waals surface area contributed by atoms with E-state index in [9.17, 15) is 9.59 Å². The van der Waals surface area contributed by atoms with Gasteiger partial charge >= 0.3 is 0 Å². The van der Waals surface area contributed by atoms with Gasteiger partial charge in [-0.2, -0.15) is 0 Å². The van der Waals surface area contributed by atoms with Gasteiger partial charge in [-0.05, 0) is 35.4 Å². The summed E-state index contributed by atoms with van der Waals surface area (Å²) < 4.78 is 5.13. The molecule has 1 aromatic heterocycles. The number of ether oxygens (including phenoxy) is 1. The van der Waals surface area contributed by atoms with Crippen molar-refractivity contribution < 1.29 is 14.3 Å². The molecule has 0 saturated heterocycles. The minimum Gasteiger partial charge on any atom is -0.385 e. The molecule has 1 aliphatic heterocycles. The SMILES string of the molecule is COCCCN(CC(=O)N1CCc2sccc2[C@@H]1c1ccccc1)C(=O)C(C)C. The second-order valence-corrected chi connectivity index (χ2v) is 8.71. The van der Waals surface area contributed by atoms with Crippen molar-refractivity contribution in [2.24, 2.45) is 5.92 Å². The quantitative estimate of drug-likeness (QED) is 0.618. The molecule has 1 aliphatic rings. The number of carbonyl (C=O) groups is 2. The van der Waals surface area contributed by atoms with Crippen molar-refractivity contribution in [2.75, 3.05) is 33.4 Å². The van der Waals surface area contributed by atoms with Crippen LogP contribution in [0.1, 0.15) is 42.3 Å². The van der Waals surface area contributed by atoms with E-state index in [4.69, 9.17) is 4.74 Å². The molecule has 0 N–H and O–H groups in total. The summed E-state index contributed by atoms with van der Waals surface area (Å²) in [6, 6.07) is 12.2. The Morgan fingerprint density at radius 2 is 2.00 bits per heavy atom. The second kappa shape index (κ2) is 10.0. The predicted molar refractivity (Wildman–Crippen MR) is 116 cm³/mol. The lowest BCUT2D eigenvalue weighted by Gasteiger charge is -2.37. The standard InChI is InChI=1S/C23H30N2O3S/c1-17(2)23(27)24(12-7-14-28-3)16-21(26)25-13-10-20-19(11-15-29-20)22(25)18-8-5-4-6-9-18/h4-6,8-9,11,15,17,22H,7,10,12-14,16H2,1-3H3/t22-/m0/s1. The molecular weight excluding hydrogens is 384 g/mol. The van der Waals surface area contributed by atoms with E-state index < -0.39 is 0 Å². The highest BCUT2D eigenvalue weighted by atomic mass is 32.1. The van der Waals surface area contributed by atoms with Crippen molar-refractivity contribution in [3.05, 3.63) is 57.8 Å². The number of hydrogen-bond acceptors (Lipinski definition) is 4. The normalized spacial score (nSPS) is 16.0. The van der Waals surface area contributed by atoms with Crippen LogP contribution in [0.3, 0.4) is 0 Å². The molecule has 2 aromatic rings. The van der Waals surface area contributed by atoms with Crippen LogP contribution in [0.5, 0.6) is 0 Å². The van der Waals surface area contributed by atoms with Gasteiger partial charge in [0.1, 0.15) is 0 Å². The van der Waals surface area contributed by atoms with Crippen molar-refractivity contribution in [2.45, 2.75) is 32.7 Å². The summed E-state index contributed by atoms with van der Waals surface area (Å²) in [5.74, 6) is -0.124. The van der Waals surface area contributed by atoms with Gasteiger partial charge in [0.05, 0.1) is 12.6 Å². The summed E-state index contributed by atoms with van der Waals surface area (Å²) in [5.41, 5.74) is 2.32. The highest BCUT2D eigenvalue weighted by Crippen LogP contribution is 2.37. The lowest BCUT2D eigenvalue weighted by Crippen LogP contribution is -2.47. The van der Waals surface area contributed by atoms with Gasteiger partial charge in [0.15, 0.2) is 0 Å². The zero-order valence-electron chi connectivity index (χ0n) is 17.5. The minimum absolute atomic E-state index is 0.00196. The zero-order valence-corrected chi connectivity index (χ0v) is 18.3. The molecule has 29 heavy (non-hydrogen) atoms. The molecule has 0 radical (unpaired) electrons. The van der Waals surface area contributed by atoms with Crippen LogP contribution in [0.2, 0.25) is 0 Å². The molecule has 6 heteroatoms. The Labute approximate surface area is 177 Å². The Kier molecular flexibility index (Phi) is 7.45. The second-order valence-electron chi connectivity index (χ2n) is 7.71. The molecule has 3 rings (SSSR count). The number of thiophene rings is 1. The molecule has 1 aromatic carbocycles. The average Bonchev–Trinajstić information content (AvgIpc) is 3.21. The Morgan fingerprint density at radius 1 is 1.24 bits per heavy atom. The van der Waals surface area contributed by atoms with E-state index in [0.717, 1.165) is 18.4 Å². The molecule has 0 saturated carbocycles. The number of hydrogen-bond donors (Lipinski definition) is 0. The van der Waals surface area contributed by atoms with E-state index in [0.29, 0.717) is 19.7 Å². The van der Waals surface area contributed by atoms with Gasteiger partial charge in [-0.1, -0.05) is 44.2 Å². The van der Waals surface area contributed by atoms with Crippen LogP contribution >= 0.6 is 11.3 Å². The molecule has 156 valence electrons. The van der Waals surface area contributed by atoms with Gasteiger partial charge in [0, 0.05) is 37.6 Å². The van der Waals surface area contributed by atoms with Crippen molar-refractivity contribution in [1.82, 2.24) is 9.80 Å². The highest BCUT2D eigenvalue weighted by Gasteiger charge is 2.34. The topological polar surface area (TPSA) is 49.9 Å². The van der Waals surface area contributed by atoms with E-state index in [1.807, 2.05) is 36.9 Å². The lowest BCUT2D eigenvalue weighted by molar-refractivity contribution is -0.143. The Hall–Kier alpha value is -2.18. The van der Waals surface area contributed by atoms with Crippen molar-refractivity contribution in [1.29, 1.82) is 0 Å². The minimum atomic E-state index is -0.139. The van der Waals surface area contributed by atoms with Crippen LogP contribution in [-0.4, -0.2) is 55.0 Å². The fraction of sp³-hybridized carbons (Fsp3) is 0.478. The third-order valence-electron chi connectivity index (χ3n) is 5.31. The summed E-state index contributed by atoms with van der Waals surface area (Å²) in [6.07, 6.45) is 1.59. The lowest BCUT2D eigenvalue weighted by atomic mass is 9.93. The molecule has 5 nitrogen and oxygen atoms in total.